The third-order valence-corrected chi connectivity index (χ3v) is 6.60. The summed E-state index contributed by atoms with van der Waals surface area (Å²) >= 11 is 1.58. The van der Waals surface area contributed by atoms with Gasteiger partial charge in [0, 0.05) is 56.8 Å². The summed E-state index contributed by atoms with van der Waals surface area (Å²) in [5.74, 6) is 2.53. The topological polar surface area (TPSA) is 52.8 Å². The van der Waals surface area contributed by atoms with Crippen LogP contribution < -0.4 is 4.90 Å². The van der Waals surface area contributed by atoms with Crippen LogP contribution in [0.5, 0.6) is 0 Å². The molecule has 3 aromatic rings. The number of benzene rings is 1. The van der Waals surface area contributed by atoms with Crippen molar-refractivity contribution in [1.29, 1.82) is 0 Å². The molecule has 7 heteroatoms. The number of fused-ring (bicyclic) bond motifs is 2. The first-order valence-corrected chi connectivity index (χ1v) is 10.7. The Morgan fingerprint density at radius 2 is 1.93 bits per heavy atom. The van der Waals surface area contributed by atoms with E-state index >= 15 is 0 Å². The molecule has 0 N–H and O–H groups in total. The lowest BCUT2D eigenvalue weighted by molar-refractivity contribution is 0.0680. The number of aromatic nitrogens is 1. The molecular weight excluding hydrogens is 372 g/mol. The largest absolute Gasteiger partial charge is 0.456 e. The van der Waals surface area contributed by atoms with Gasteiger partial charge in [-0.3, -0.25) is 9.69 Å². The summed E-state index contributed by atoms with van der Waals surface area (Å²) in [7, 11) is 0. The normalized spacial score (nSPS) is 18.1. The average molecular weight is 397 g/mol. The first-order valence-electron chi connectivity index (χ1n) is 9.89. The van der Waals surface area contributed by atoms with E-state index in [1.54, 1.807) is 11.5 Å². The van der Waals surface area contributed by atoms with Gasteiger partial charge < -0.3 is 14.2 Å². The van der Waals surface area contributed by atoms with E-state index in [9.17, 15) is 4.79 Å². The molecule has 1 amide bonds. The minimum absolute atomic E-state index is 0.0435. The molecule has 0 bridgehead atoms. The van der Waals surface area contributed by atoms with Gasteiger partial charge in [-0.2, -0.15) is 4.37 Å². The molecule has 0 radical (unpaired) electrons. The van der Waals surface area contributed by atoms with Crippen molar-refractivity contribution in [3.8, 4) is 0 Å². The molecule has 2 aromatic heterocycles. The first kappa shape index (κ1) is 17.7. The second-order valence-electron chi connectivity index (χ2n) is 7.58. The second kappa shape index (κ2) is 7.22. The second-order valence-corrected chi connectivity index (χ2v) is 8.39. The summed E-state index contributed by atoms with van der Waals surface area (Å²) in [4.78, 5) is 19.4. The van der Waals surface area contributed by atoms with Crippen molar-refractivity contribution in [2.75, 3.05) is 50.7 Å². The molecule has 0 spiro atoms. The fraction of sp³-hybridized carbons (Fsp3) is 0.429. The summed E-state index contributed by atoms with van der Waals surface area (Å²) in [6.45, 7) is 8.31. The van der Waals surface area contributed by atoms with Gasteiger partial charge in [-0.05, 0) is 43.1 Å². The maximum atomic E-state index is 12.6. The van der Waals surface area contributed by atoms with E-state index in [-0.39, 0.29) is 5.91 Å². The van der Waals surface area contributed by atoms with Crippen LogP contribution in [0.25, 0.3) is 10.1 Å². The quantitative estimate of drug-likeness (QED) is 0.679. The van der Waals surface area contributed by atoms with Gasteiger partial charge in [0.25, 0.3) is 5.91 Å². The molecule has 0 atom stereocenters. The van der Waals surface area contributed by atoms with Gasteiger partial charge in [0.1, 0.15) is 11.6 Å². The van der Waals surface area contributed by atoms with E-state index in [2.05, 4.69) is 38.4 Å². The number of rotatable bonds is 4. The molecule has 0 saturated carbocycles. The van der Waals surface area contributed by atoms with Crippen LogP contribution in [-0.2, 0) is 6.42 Å². The smallest absolute Gasteiger partial charge is 0.289 e. The molecule has 28 heavy (non-hydrogen) atoms. The maximum absolute atomic E-state index is 12.6. The van der Waals surface area contributed by atoms with Crippen molar-refractivity contribution < 1.29 is 9.21 Å². The lowest BCUT2D eigenvalue weighted by Gasteiger charge is -2.36. The van der Waals surface area contributed by atoms with Gasteiger partial charge in [0.05, 0.1) is 4.70 Å². The number of amides is 1. The van der Waals surface area contributed by atoms with Gasteiger partial charge in [0.15, 0.2) is 5.76 Å². The van der Waals surface area contributed by atoms with Gasteiger partial charge in [-0.1, -0.05) is 12.1 Å². The summed E-state index contributed by atoms with van der Waals surface area (Å²) in [5.41, 5.74) is 1.06. The minimum Gasteiger partial charge on any atom is -0.456 e. The van der Waals surface area contributed by atoms with Crippen LogP contribution in [0.1, 0.15) is 21.9 Å². The Balaban J connectivity index is 1.17. The molecule has 0 unspecified atom stereocenters. The lowest BCUT2D eigenvalue weighted by Crippen LogP contribution is -2.49. The Bertz CT molecular complexity index is 1000. The van der Waals surface area contributed by atoms with Crippen LogP contribution in [0.15, 0.2) is 34.7 Å². The van der Waals surface area contributed by atoms with Crippen LogP contribution in [0, 0.1) is 6.92 Å². The summed E-state index contributed by atoms with van der Waals surface area (Å²) in [6.07, 6.45) is 0.892. The van der Waals surface area contributed by atoms with Gasteiger partial charge in [-0.25, -0.2) is 0 Å². The van der Waals surface area contributed by atoms with Crippen molar-refractivity contribution in [1.82, 2.24) is 14.2 Å². The predicted octanol–water partition coefficient (Wildman–Crippen LogP) is 3.02. The number of carbonyl (C=O) groups is 1. The van der Waals surface area contributed by atoms with E-state index < -0.39 is 0 Å². The van der Waals surface area contributed by atoms with Crippen molar-refractivity contribution in [2.45, 2.75) is 13.3 Å². The van der Waals surface area contributed by atoms with Crippen molar-refractivity contribution in [2.24, 2.45) is 0 Å². The molecule has 2 aliphatic rings. The van der Waals surface area contributed by atoms with E-state index in [1.165, 1.54) is 10.1 Å². The van der Waals surface area contributed by atoms with Crippen LogP contribution in [-0.4, -0.2) is 65.9 Å². The van der Waals surface area contributed by atoms with Crippen molar-refractivity contribution in [3.05, 3.63) is 47.4 Å². The number of hydrogen-bond acceptors (Lipinski definition) is 6. The molecule has 5 rings (SSSR count). The predicted molar refractivity (Wildman–Crippen MR) is 111 cm³/mol. The highest BCUT2D eigenvalue weighted by molar-refractivity contribution is 7.13. The Labute approximate surface area is 168 Å². The van der Waals surface area contributed by atoms with E-state index in [0.717, 1.165) is 69.4 Å². The van der Waals surface area contributed by atoms with E-state index in [1.807, 2.05) is 17.9 Å². The molecule has 146 valence electrons. The fourth-order valence-electron chi connectivity index (χ4n) is 4.19. The Hall–Kier alpha value is -2.38. The number of hydrogen-bond donors (Lipinski definition) is 0. The van der Waals surface area contributed by atoms with E-state index in [0.29, 0.717) is 5.76 Å². The molecular formula is C21H24N4O2S. The van der Waals surface area contributed by atoms with Crippen molar-refractivity contribution >= 4 is 33.3 Å². The van der Waals surface area contributed by atoms with Crippen LogP contribution in [0.3, 0.4) is 0 Å². The molecule has 1 fully saturated rings. The molecule has 1 aromatic carbocycles. The summed E-state index contributed by atoms with van der Waals surface area (Å²) < 4.78 is 11.5. The summed E-state index contributed by atoms with van der Waals surface area (Å²) in [6, 6.07) is 10.4. The number of anilines is 1. The minimum atomic E-state index is 0.0435. The Morgan fingerprint density at radius 1 is 1.11 bits per heavy atom. The summed E-state index contributed by atoms with van der Waals surface area (Å²) in [5, 5.41) is 1.25. The van der Waals surface area contributed by atoms with Crippen LogP contribution in [0.2, 0.25) is 0 Å². The number of furan rings is 1. The van der Waals surface area contributed by atoms with Crippen LogP contribution >= 0.6 is 11.5 Å². The highest BCUT2D eigenvalue weighted by Crippen LogP contribution is 2.30. The molecule has 1 saturated heterocycles. The van der Waals surface area contributed by atoms with Gasteiger partial charge in [-0.15, -0.1) is 0 Å². The fourth-order valence-corrected chi connectivity index (χ4v) is 4.99. The first-order chi connectivity index (χ1) is 13.7. The maximum Gasteiger partial charge on any atom is 0.289 e. The average Bonchev–Trinajstić information content (AvgIpc) is 3.31. The monoisotopic (exact) mass is 396 g/mol. The number of piperazine rings is 1. The number of aryl methyl sites for hydroxylation is 1. The zero-order valence-electron chi connectivity index (χ0n) is 16.1. The van der Waals surface area contributed by atoms with Gasteiger partial charge >= 0.3 is 0 Å². The van der Waals surface area contributed by atoms with E-state index in [4.69, 9.17) is 4.42 Å². The number of carbonyl (C=O) groups excluding carboxylic acids is 1. The molecule has 6 nitrogen and oxygen atoms in total. The Morgan fingerprint density at radius 3 is 2.79 bits per heavy atom. The highest BCUT2D eigenvalue weighted by Gasteiger charge is 2.29. The molecule has 4 heterocycles. The number of nitrogens with zero attached hydrogens (tertiary/aromatic N) is 4. The highest BCUT2D eigenvalue weighted by atomic mass is 32.1. The van der Waals surface area contributed by atoms with Crippen LogP contribution in [0.4, 0.5) is 5.82 Å². The SMILES string of the molecule is Cc1cc2c(o1)C(=O)N(CCN1CCN(c3nsc4ccccc34)CC1)CC2. The standard InChI is InChI=1S/C21H24N4O2S/c1-15-14-16-6-7-25(21(26)19(16)27-15)13-10-23-8-11-24(12-9-23)20-17-4-2-3-5-18(17)28-22-20/h2-5,14H,6-13H2,1H3. The molecule has 0 aliphatic carbocycles. The zero-order chi connectivity index (χ0) is 19.1. The van der Waals surface area contributed by atoms with Gasteiger partial charge in [0.2, 0.25) is 0 Å². The molecule has 2 aliphatic heterocycles. The lowest BCUT2D eigenvalue weighted by atomic mass is 10.1. The Kier molecular flexibility index (Phi) is 4.56. The third kappa shape index (κ3) is 3.18. The zero-order valence-corrected chi connectivity index (χ0v) is 16.9. The van der Waals surface area contributed by atoms with Crippen molar-refractivity contribution in [3.63, 3.8) is 0 Å². The third-order valence-electron chi connectivity index (χ3n) is 5.78.